The summed E-state index contributed by atoms with van der Waals surface area (Å²) in [4.78, 5) is 0. The smallest absolute Gasteiger partial charge is 0.142 e. The summed E-state index contributed by atoms with van der Waals surface area (Å²) in [5.74, 6) is -4.18. The van der Waals surface area contributed by atoms with E-state index in [1.165, 1.54) is 6.08 Å². The highest BCUT2D eigenvalue weighted by atomic mass is 19.1. The molecule has 1 radical (unpaired) electrons. The van der Waals surface area contributed by atoms with Crippen molar-refractivity contribution in [2.75, 3.05) is 6.61 Å². The second kappa shape index (κ2) is 5.77. The Bertz CT molecular complexity index is 629. The van der Waals surface area contributed by atoms with Crippen LogP contribution in [0.3, 0.4) is 0 Å². The van der Waals surface area contributed by atoms with E-state index in [-0.39, 0.29) is 12.4 Å². The van der Waals surface area contributed by atoms with Crippen LogP contribution in [0.2, 0.25) is 0 Å². The van der Waals surface area contributed by atoms with Crippen LogP contribution >= 0.6 is 0 Å². The van der Waals surface area contributed by atoms with Gasteiger partial charge in [0.25, 0.3) is 0 Å². The summed E-state index contributed by atoms with van der Waals surface area (Å²) in [5.41, 5.74) is -0.999. The predicted molar refractivity (Wildman–Crippen MR) is 66.2 cm³/mol. The average Bonchev–Trinajstić information content (AvgIpc) is 2.38. The topological polar surface area (TPSA) is 9.23 Å². The van der Waals surface area contributed by atoms with E-state index in [1.807, 2.05) is 0 Å². The highest BCUT2D eigenvalue weighted by Crippen LogP contribution is 2.31. The average molecular weight is 281 g/mol. The van der Waals surface area contributed by atoms with Gasteiger partial charge in [-0.2, -0.15) is 0 Å². The maximum Gasteiger partial charge on any atom is 0.142 e. The van der Waals surface area contributed by atoms with Crippen molar-refractivity contribution in [1.29, 1.82) is 0 Å². The molecule has 5 heteroatoms. The SMILES string of the molecule is C=CCOc1cc(F)c(-c2ccc(F)[c]c2F)c(F)c1. The number of hydrogen-bond donors (Lipinski definition) is 0. The summed E-state index contributed by atoms with van der Waals surface area (Å²) in [6.07, 6.45) is 1.42. The molecule has 0 N–H and O–H groups in total. The number of rotatable bonds is 4. The van der Waals surface area contributed by atoms with Gasteiger partial charge in [-0.1, -0.05) is 12.7 Å². The van der Waals surface area contributed by atoms with Gasteiger partial charge in [-0.15, -0.1) is 0 Å². The molecular weight excluding hydrogens is 272 g/mol. The fourth-order valence-corrected chi connectivity index (χ4v) is 1.68. The molecule has 2 aromatic carbocycles. The van der Waals surface area contributed by atoms with E-state index in [0.717, 1.165) is 24.3 Å². The van der Waals surface area contributed by atoms with Gasteiger partial charge < -0.3 is 4.74 Å². The lowest BCUT2D eigenvalue weighted by Gasteiger charge is -2.09. The molecule has 103 valence electrons. The standard InChI is InChI=1S/C15H9F4O/c1-2-5-20-10-7-13(18)15(14(19)8-10)11-4-3-9(16)6-12(11)17/h2-4,7-8H,1,5H2. The summed E-state index contributed by atoms with van der Waals surface area (Å²) < 4.78 is 59.0. The Morgan fingerprint density at radius 3 is 2.30 bits per heavy atom. The Morgan fingerprint density at radius 2 is 1.75 bits per heavy atom. The predicted octanol–water partition coefficient (Wildman–Crippen LogP) is 4.27. The second-order valence-corrected chi connectivity index (χ2v) is 3.90. The Hall–Kier alpha value is -2.30. The zero-order chi connectivity index (χ0) is 14.7. The summed E-state index contributed by atoms with van der Waals surface area (Å²) in [6.45, 7) is 3.48. The zero-order valence-corrected chi connectivity index (χ0v) is 10.2. The molecule has 0 fully saturated rings. The molecular formula is C15H9F4O. The molecule has 0 aromatic heterocycles. The van der Waals surface area contributed by atoms with E-state index in [4.69, 9.17) is 4.74 Å². The van der Waals surface area contributed by atoms with Crippen LogP contribution in [0.5, 0.6) is 5.75 Å². The van der Waals surface area contributed by atoms with Crippen LogP contribution in [0, 0.1) is 29.3 Å². The lowest BCUT2D eigenvalue weighted by Crippen LogP contribution is -1.98. The van der Waals surface area contributed by atoms with Crippen molar-refractivity contribution in [2.24, 2.45) is 0 Å². The highest BCUT2D eigenvalue weighted by molar-refractivity contribution is 5.66. The molecule has 0 heterocycles. The van der Waals surface area contributed by atoms with Crippen molar-refractivity contribution in [3.63, 3.8) is 0 Å². The minimum Gasteiger partial charge on any atom is -0.489 e. The van der Waals surface area contributed by atoms with Crippen LogP contribution in [-0.4, -0.2) is 6.61 Å². The van der Waals surface area contributed by atoms with E-state index in [9.17, 15) is 17.6 Å². The van der Waals surface area contributed by atoms with E-state index >= 15 is 0 Å². The Kier molecular flexibility index (Phi) is 4.08. The second-order valence-electron chi connectivity index (χ2n) is 3.90. The molecule has 20 heavy (non-hydrogen) atoms. The minimum atomic E-state index is -1.16. The van der Waals surface area contributed by atoms with Crippen molar-refractivity contribution in [3.05, 3.63) is 66.3 Å². The molecule has 0 bridgehead atoms. The first kappa shape index (κ1) is 14.1. The van der Waals surface area contributed by atoms with Gasteiger partial charge in [-0.05, 0) is 12.1 Å². The van der Waals surface area contributed by atoms with Gasteiger partial charge in [0.15, 0.2) is 0 Å². The van der Waals surface area contributed by atoms with Crippen LogP contribution in [0.15, 0.2) is 36.9 Å². The van der Waals surface area contributed by atoms with Gasteiger partial charge >= 0.3 is 0 Å². The molecule has 0 unspecified atom stereocenters. The normalized spacial score (nSPS) is 10.4. The monoisotopic (exact) mass is 281 g/mol. The maximum absolute atomic E-state index is 13.9. The van der Waals surface area contributed by atoms with Gasteiger partial charge in [0.2, 0.25) is 0 Å². The maximum atomic E-state index is 13.9. The molecule has 2 aromatic rings. The minimum absolute atomic E-state index is 0.0462. The summed E-state index contributed by atoms with van der Waals surface area (Å²) in [6, 6.07) is 5.40. The number of hydrogen-bond acceptors (Lipinski definition) is 1. The molecule has 0 aliphatic rings. The number of benzene rings is 2. The first-order valence-electron chi connectivity index (χ1n) is 5.63. The molecule has 0 amide bonds. The summed E-state index contributed by atoms with van der Waals surface area (Å²) in [7, 11) is 0. The molecule has 2 rings (SSSR count). The number of halogens is 4. The van der Waals surface area contributed by atoms with Gasteiger partial charge in [0.05, 0.1) is 11.6 Å². The van der Waals surface area contributed by atoms with E-state index in [0.29, 0.717) is 0 Å². The lowest BCUT2D eigenvalue weighted by molar-refractivity contribution is 0.358. The molecule has 0 saturated heterocycles. The van der Waals surface area contributed by atoms with Gasteiger partial charge in [0, 0.05) is 17.7 Å². The molecule has 0 aliphatic heterocycles. The van der Waals surface area contributed by atoms with Crippen LogP contribution in [0.1, 0.15) is 0 Å². The first-order valence-corrected chi connectivity index (χ1v) is 5.63. The molecule has 0 saturated carbocycles. The van der Waals surface area contributed by atoms with Crippen molar-refractivity contribution >= 4 is 0 Å². The van der Waals surface area contributed by atoms with Crippen LogP contribution in [0.25, 0.3) is 11.1 Å². The van der Waals surface area contributed by atoms with Gasteiger partial charge in [-0.25, -0.2) is 17.6 Å². The fourth-order valence-electron chi connectivity index (χ4n) is 1.68. The molecule has 0 spiro atoms. The lowest BCUT2D eigenvalue weighted by atomic mass is 10.0. The third-order valence-electron chi connectivity index (χ3n) is 2.51. The Morgan fingerprint density at radius 1 is 1.10 bits per heavy atom. The molecule has 1 nitrogen and oxygen atoms in total. The van der Waals surface area contributed by atoms with Crippen molar-refractivity contribution in [2.45, 2.75) is 0 Å². The number of ether oxygens (including phenoxy) is 1. The van der Waals surface area contributed by atoms with E-state index in [2.05, 4.69) is 6.58 Å². The van der Waals surface area contributed by atoms with Crippen molar-refractivity contribution in [1.82, 2.24) is 0 Å². The van der Waals surface area contributed by atoms with E-state index < -0.39 is 34.4 Å². The largest absolute Gasteiger partial charge is 0.489 e. The van der Waals surface area contributed by atoms with Crippen LogP contribution in [-0.2, 0) is 0 Å². The fraction of sp³-hybridized carbons (Fsp3) is 0.0667. The summed E-state index contributed by atoms with van der Waals surface area (Å²) >= 11 is 0. The highest BCUT2D eigenvalue weighted by Gasteiger charge is 2.17. The molecule has 0 aliphatic carbocycles. The van der Waals surface area contributed by atoms with Crippen LogP contribution in [0.4, 0.5) is 17.6 Å². The van der Waals surface area contributed by atoms with Gasteiger partial charge in [-0.3, -0.25) is 0 Å². The molecule has 0 atom stereocenters. The third-order valence-corrected chi connectivity index (χ3v) is 2.51. The zero-order valence-electron chi connectivity index (χ0n) is 10.2. The third kappa shape index (κ3) is 2.82. The quantitative estimate of drug-likeness (QED) is 0.600. The first-order chi connectivity index (χ1) is 9.52. The van der Waals surface area contributed by atoms with Crippen molar-refractivity contribution in [3.8, 4) is 16.9 Å². The Labute approximate surface area is 113 Å². The van der Waals surface area contributed by atoms with E-state index in [1.54, 1.807) is 6.07 Å². The summed E-state index contributed by atoms with van der Waals surface area (Å²) in [5, 5.41) is 0. The van der Waals surface area contributed by atoms with Crippen LogP contribution < -0.4 is 4.74 Å². The Balaban J connectivity index is 2.49. The van der Waals surface area contributed by atoms with Crippen molar-refractivity contribution < 1.29 is 22.3 Å². The van der Waals surface area contributed by atoms with Gasteiger partial charge in [0.1, 0.15) is 35.6 Å².